The summed E-state index contributed by atoms with van der Waals surface area (Å²) < 4.78 is 11.5. The minimum Gasteiger partial charge on any atom is -0.448 e. The van der Waals surface area contributed by atoms with Crippen LogP contribution < -0.4 is 11.0 Å². The average molecular weight is 431 g/mol. The summed E-state index contributed by atoms with van der Waals surface area (Å²) in [5.74, 6) is 2.73. The summed E-state index contributed by atoms with van der Waals surface area (Å²) in [4.78, 5) is 29.2. The number of ether oxygens (including phenoxy) is 2. The molecule has 0 bridgehead atoms. The third kappa shape index (κ3) is 5.01. The minimum absolute atomic E-state index is 0.0926. The number of anilines is 1. The molecule has 3 rings (SSSR count). The highest BCUT2D eigenvalue weighted by molar-refractivity contribution is 7.99. The molecule has 0 spiro atoms. The SMILES string of the molecule is C#Cc1cn([C@@H]2O[C@H](C)C(O)C2O)c(=O)nc1NC(=O)OCCSc1ccccc1. The van der Waals surface area contributed by atoms with E-state index in [1.807, 2.05) is 30.3 Å². The maximum Gasteiger partial charge on any atom is 0.412 e. The van der Waals surface area contributed by atoms with Crippen molar-refractivity contribution in [1.29, 1.82) is 0 Å². The molecule has 2 aromatic rings. The highest BCUT2D eigenvalue weighted by Gasteiger charge is 2.42. The van der Waals surface area contributed by atoms with Gasteiger partial charge >= 0.3 is 11.8 Å². The first-order valence-electron chi connectivity index (χ1n) is 9.13. The lowest BCUT2D eigenvalue weighted by Gasteiger charge is -2.18. The van der Waals surface area contributed by atoms with Crippen molar-refractivity contribution in [2.24, 2.45) is 0 Å². The van der Waals surface area contributed by atoms with E-state index in [1.165, 1.54) is 18.0 Å². The van der Waals surface area contributed by atoms with Crippen molar-refractivity contribution in [3.8, 4) is 12.3 Å². The van der Waals surface area contributed by atoms with Crippen LogP contribution in [-0.4, -0.2) is 56.5 Å². The van der Waals surface area contributed by atoms with Gasteiger partial charge in [-0.15, -0.1) is 18.2 Å². The van der Waals surface area contributed by atoms with E-state index in [4.69, 9.17) is 15.9 Å². The Morgan fingerprint density at radius 3 is 2.73 bits per heavy atom. The van der Waals surface area contributed by atoms with Crippen LogP contribution in [-0.2, 0) is 9.47 Å². The first kappa shape index (κ1) is 21.9. The fraction of sp³-hybridized carbons (Fsp3) is 0.350. The van der Waals surface area contributed by atoms with E-state index < -0.39 is 36.3 Å². The smallest absolute Gasteiger partial charge is 0.412 e. The molecule has 2 unspecified atom stereocenters. The first-order chi connectivity index (χ1) is 14.4. The van der Waals surface area contributed by atoms with Crippen molar-refractivity contribution in [2.75, 3.05) is 17.7 Å². The van der Waals surface area contributed by atoms with E-state index in [2.05, 4.69) is 16.2 Å². The van der Waals surface area contributed by atoms with E-state index in [0.717, 1.165) is 9.46 Å². The molecule has 1 fully saturated rings. The third-order valence-corrected chi connectivity index (χ3v) is 5.38. The molecule has 1 saturated heterocycles. The van der Waals surface area contributed by atoms with Crippen LogP contribution in [0.15, 0.2) is 46.2 Å². The number of aliphatic hydroxyl groups is 2. The number of nitrogens with zero attached hydrogens (tertiary/aromatic N) is 2. The Labute approximate surface area is 177 Å². The lowest BCUT2D eigenvalue weighted by atomic mass is 10.1. The van der Waals surface area contributed by atoms with Crippen LogP contribution in [0.5, 0.6) is 0 Å². The lowest BCUT2D eigenvalue weighted by molar-refractivity contribution is -0.0350. The van der Waals surface area contributed by atoms with Gasteiger partial charge in [-0.25, -0.2) is 9.59 Å². The summed E-state index contributed by atoms with van der Waals surface area (Å²) in [6.07, 6.45) is 1.60. The number of benzene rings is 1. The van der Waals surface area contributed by atoms with Gasteiger partial charge < -0.3 is 19.7 Å². The topological polar surface area (TPSA) is 123 Å². The summed E-state index contributed by atoms with van der Waals surface area (Å²) in [5, 5.41) is 22.3. The van der Waals surface area contributed by atoms with Crippen molar-refractivity contribution in [3.63, 3.8) is 0 Å². The van der Waals surface area contributed by atoms with Crippen molar-refractivity contribution in [3.05, 3.63) is 52.6 Å². The zero-order valence-corrected chi connectivity index (χ0v) is 16.9. The molecule has 1 aromatic heterocycles. The zero-order valence-electron chi connectivity index (χ0n) is 16.1. The number of carbonyl (C=O) groups excluding carboxylic acids is 1. The van der Waals surface area contributed by atoms with Gasteiger partial charge in [-0.3, -0.25) is 9.88 Å². The third-order valence-electron chi connectivity index (χ3n) is 4.41. The molecule has 0 aliphatic carbocycles. The van der Waals surface area contributed by atoms with E-state index in [-0.39, 0.29) is 18.0 Å². The predicted molar refractivity (Wildman–Crippen MR) is 110 cm³/mol. The normalized spacial score (nSPS) is 23.0. The fourth-order valence-electron chi connectivity index (χ4n) is 2.85. The Balaban J connectivity index is 1.62. The summed E-state index contributed by atoms with van der Waals surface area (Å²) in [7, 11) is 0. The number of amides is 1. The molecule has 30 heavy (non-hydrogen) atoms. The van der Waals surface area contributed by atoms with Crippen LogP contribution in [0.3, 0.4) is 0 Å². The molecule has 2 heterocycles. The molecule has 1 amide bonds. The quantitative estimate of drug-likeness (QED) is 0.354. The Kier molecular flexibility index (Phi) is 7.12. The molecule has 4 atom stereocenters. The van der Waals surface area contributed by atoms with Crippen molar-refractivity contribution in [1.82, 2.24) is 9.55 Å². The number of carbonyl (C=O) groups is 1. The van der Waals surface area contributed by atoms with Gasteiger partial charge in [0.1, 0.15) is 18.8 Å². The number of nitrogens with one attached hydrogen (secondary N) is 1. The Bertz CT molecular complexity index is 990. The number of rotatable bonds is 6. The maximum atomic E-state index is 12.4. The predicted octanol–water partition coefficient (Wildman–Crippen LogP) is 1.20. The van der Waals surface area contributed by atoms with Crippen LogP contribution in [0.25, 0.3) is 0 Å². The summed E-state index contributed by atoms with van der Waals surface area (Å²) in [5.41, 5.74) is -0.718. The number of hydrogen-bond acceptors (Lipinski definition) is 8. The monoisotopic (exact) mass is 431 g/mol. The maximum absolute atomic E-state index is 12.4. The van der Waals surface area contributed by atoms with Crippen LogP contribution in [0, 0.1) is 12.3 Å². The fourth-order valence-corrected chi connectivity index (χ4v) is 3.60. The van der Waals surface area contributed by atoms with Gasteiger partial charge in [0.2, 0.25) is 0 Å². The molecule has 1 aliphatic rings. The molecule has 158 valence electrons. The number of terminal acetylenes is 1. The van der Waals surface area contributed by atoms with Gasteiger partial charge in [0, 0.05) is 16.8 Å². The van der Waals surface area contributed by atoms with E-state index >= 15 is 0 Å². The molecular weight excluding hydrogens is 410 g/mol. The lowest BCUT2D eigenvalue weighted by Crippen LogP contribution is -2.36. The van der Waals surface area contributed by atoms with Crippen LogP contribution >= 0.6 is 11.8 Å². The van der Waals surface area contributed by atoms with Crippen molar-refractivity contribution >= 4 is 23.7 Å². The van der Waals surface area contributed by atoms with Crippen LogP contribution in [0.4, 0.5) is 10.6 Å². The zero-order chi connectivity index (χ0) is 21.7. The van der Waals surface area contributed by atoms with E-state index in [0.29, 0.717) is 5.75 Å². The van der Waals surface area contributed by atoms with Gasteiger partial charge in [-0.05, 0) is 19.1 Å². The second kappa shape index (κ2) is 9.77. The van der Waals surface area contributed by atoms with Gasteiger partial charge in [0.15, 0.2) is 12.0 Å². The number of thioether (sulfide) groups is 1. The van der Waals surface area contributed by atoms with Gasteiger partial charge in [-0.1, -0.05) is 24.1 Å². The molecule has 0 radical (unpaired) electrons. The van der Waals surface area contributed by atoms with Crippen LogP contribution in [0.2, 0.25) is 0 Å². The Hall–Kier alpha value is -2.84. The second-order valence-electron chi connectivity index (χ2n) is 6.47. The van der Waals surface area contributed by atoms with E-state index in [1.54, 1.807) is 6.92 Å². The highest BCUT2D eigenvalue weighted by atomic mass is 32.2. The highest BCUT2D eigenvalue weighted by Crippen LogP contribution is 2.28. The average Bonchev–Trinajstić information content (AvgIpc) is 2.99. The van der Waals surface area contributed by atoms with Gasteiger partial charge in [-0.2, -0.15) is 4.98 Å². The molecule has 3 N–H and O–H groups in total. The first-order valence-corrected chi connectivity index (χ1v) is 10.1. The molecule has 1 aromatic carbocycles. The summed E-state index contributed by atoms with van der Waals surface area (Å²) in [6.45, 7) is 1.71. The minimum atomic E-state index is -1.32. The molecule has 1 aliphatic heterocycles. The van der Waals surface area contributed by atoms with Crippen molar-refractivity contribution in [2.45, 2.75) is 36.4 Å². The Morgan fingerprint density at radius 1 is 1.37 bits per heavy atom. The summed E-state index contributed by atoms with van der Waals surface area (Å²) >= 11 is 1.53. The summed E-state index contributed by atoms with van der Waals surface area (Å²) in [6, 6.07) is 9.66. The number of aliphatic hydroxyl groups excluding tert-OH is 2. The number of aromatic nitrogens is 2. The Morgan fingerprint density at radius 2 is 2.10 bits per heavy atom. The van der Waals surface area contributed by atoms with Crippen molar-refractivity contribution < 1.29 is 24.5 Å². The largest absolute Gasteiger partial charge is 0.448 e. The standard InChI is InChI=1S/C20H21N3O6S/c1-3-13-11-23(18-16(25)15(24)12(2)29-18)19(26)21-17(13)22-20(27)28-9-10-30-14-7-5-4-6-8-14/h1,4-8,11-12,15-16,18,24-25H,9-10H2,2H3,(H,21,22,26,27)/t12-,15?,16?,18-/m1/s1. The van der Waals surface area contributed by atoms with Crippen LogP contribution in [0.1, 0.15) is 18.7 Å². The van der Waals surface area contributed by atoms with Gasteiger partial charge in [0.05, 0.1) is 11.7 Å². The van der Waals surface area contributed by atoms with E-state index in [9.17, 15) is 19.8 Å². The molecule has 10 heteroatoms. The molecular formula is C20H21N3O6S. The number of hydrogen-bond donors (Lipinski definition) is 3. The molecule has 9 nitrogen and oxygen atoms in total. The second-order valence-corrected chi connectivity index (χ2v) is 7.64. The van der Waals surface area contributed by atoms with Gasteiger partial charge in [0.25, 0.3) is 0 Å². The molecule has 0 saturated carbocycles.